The molecule has 1 amide bonds. The summed E-state index contributed by atoms with van der Waals surface area (Å²) in [6, 6.07) is 13.8. The summed E-state index contributed by atoms with van der Waals surface area (Å²) in [6.07, 6.45) is 5.48. The monoisotopic (exact) mass is 351 g/mol. The number of aryl methyl sites for hydroxylation is 1. The van der Waals surface area contributed by atoms with Crippen LogP contribution in [0, 0.1) is 6.92 Å². The van der Waals surface area contributed by atoms with Crippen molar-refractivity contribution in [2.45, 2.75) is 25.8 Å². The predicted octanol–water partition coefficient (Wildman–Crippen LogP) is 4.39. The number of ether oxygens (including phenoxy) is 2. The molecule has 3 rings (SSSR count). The zero-order valence-corrected chi connectivity index (χ0v) is 15.6. The van der Waals surface area contributed by atoms with Crippen LogP contribution < -0.4 is 9.47 Å². The van der Waals surface area contributed by atoms with Crippen molar-refractivity contribution >= 4 is 12.0 Å². The molecular weight excluding hydrogens is 326 g/mol. The number of carbonyl (C=O) groups excluding carboxylic acids is 1. The zero-order chi connectivity index (χ0) is 18.5. The molecule has 1 heterocycles. The van der Waals surface area contributed by atoms with Crippen molar-refractivity contribution < 1.29 is 14.3 Å². The highest BCUT2D eigenvalue weighted by molar-refractivity contribution is 5.92. The lowest BCUT2D eigenvalue weighted by Gasteiger charge is -2.25. The molecule has 0 aliphatic carbocycles. The maximum absolute atomic E-state index is 12.8. The van der Waals surface area contributed by atoms with E-state index in [4.69, 9.17) is 9.47 Å². The number of nitrogens with zero attached hydrogens (tertiary/aromatic N) is 1. The van der Waals surface area contributed by atoms with Gasteiger partial charge in [-0.05, 0) is 55.2 Å². The smallest absolute Gasteiger partial charge is 0.247 e. The van der Waals surface area contributed by atoms with Gasteiger partial charge in [0.05, 0.1) is 20.3 Å². The molecule has 26 heavy (non-hydrogen) atoms. The fourth-order valence-corrected chi connectivity index (χ4v) is 3.48. The summed E-state index contributed by atoms with van der Waals surface area (Å²) in [4.78, 5) is 14.8. The second-order valence-corrected chi connectivity index (χ2v) is 6.49. The first-order valence-corrected chi connectivity index (χ1v) is 8.90. The highest BCUT2D eigenvalue weighted by Crippen LogP contribution is 2.39. The van der Waals surface area contributed by atoms with E-state index in [1.807, 2.05) is 60.4 Å². The minimum atomic E-state index is 0.00840. The van der Waals surface area contributed by atoms with Crippen molar-refractivity contribution in [1.29, 1.82) is 0 Å². The van der Waals surface area contributed by atoms with Crippen LogP contribution in [-0.4, -0.2) is 31.6 Å². The van der Waals surface area contributed by atoms with Gasteiger partial charge in [-0.15, -0.1) is 0 Å². The Kier molecular flexibility index (Phi) is 5.61. The quantitative estimate of drug-likeness (QED) is 0.750. The van der Waals surface area contributed by atoms with Crippen molar-refractivity contribution in [3.63, 3.8) is 0 Å². The third kappa shape index (κ3) is 3.74. The summed E-state index contributed by atoms with van der Waals surface area (Å²) in [5.41, 5.74) is 3.22. The first-order valence-electron chi connectivity index (χ1n) is 8.90. The highest BCUT2D eigenvalue weighted by Gasteiger charge is 2.31. The van der Waals surface area contributed by atoms with Crippen molar-refractivity contribution in [2.75, 3.05) is 20.8 Å². The fourth-order valence-electron chi connectivity index (χ4n) is 3.48. The lowest BCUT2D eigenvalue weighted by atomic mass is 10.0. The maximum atomic E-state index is 12.8. The van der Waals surface area contributed by atoms with Gasteiger partial charge in [-0.1, -0.05) is 24.3 Å². The van der Waals surface area contributed by atoms with Crippen molar-refractivity contribution in [1.82, 2.24) is 4.90 Å². The normalized spacial score (nSPS) is 16.9. The molecule has 0 saturated carbocycles. The Morgan fingerprint density at radius 3 is 2.69 bits per heavy atom. The second kappa shape index (κ2) is 8.09. The van der Waals surface area contributed by atoms with Crippen molar-refractivity contribution in [3.05, 3.63) is 65.2 Å². The van der Waals surface area contributed by atoms with E-state index in [-0.39, 0.29) is 11.9 Å². The number of benzene rings is 2. The van der Waals surface area contributed by atoms with E-state index in [0.29, 0.717) is 0 Å². The second-order valence-electron chi connectivity index (χ2n) is 6.49. The average Bonchev–Trinajstić information content (AvgIpc) is 3.16. The van der Waals surface area contributed by atoms with E-state index in [2.05, 4.69) is 0 Å². The number of likely N-dealkylation sites (tertiary alicyclic amines) is 1. The van der Waals surface area contributed by atoms with Gasteiger partial charge in [0.25, 0.3) is 0 Å². The lowest BCUT2D eigenvalue weighted by molar-refractivity contribution is -0.126. The molecule has 0 aromatic heterocycles. The Bertz CT molecular complexity index is 813. The molecule has 0 bridgehead atoms. The summed E-state index contributed by atoms with van der Waals surface area (Å²) < 4.78 is 10.9. The molecule has 0 N–H and O–H groups in total. The van der Waals surface area contributed by atoms with E-state index in [1.54, 1.807) is 20.3 Å². The third-order valence-corrected chi connectivity index (χ3v) is 4.93. The Labute approximate surface area is 155 Å². The number of hydrogen-bond acceptors (Lipinski definition) is 3. The van der Waals surface area contributed by atoms with E-state index in [0.717, 1.165) is 47.6 Å². The van der Waals surface area contributed by atoms with Gasteiger partial charge >= 0.3 is 0 Å². The molecule has 136 valence electrons. The van der Waals surface area contributed by atoms with Crippen LogP contribution in [0.5, 0.6) is 11.5 Å². The molecule has 0 spiro atoms. The van der Waals surface area contributed by atoms with Gasteiger partial charge in [0.1, 0.15) is 11.5 Å². The van der Waals surface area contributed by atoms with Gasteiger partial charge < -0.3 is 14.4 Å². The predicted molar refractivity (Wildman–Crippen MR) is 103 cm³/mol. The summed E-state index contributed by atoms with van der Waals surface area (Å²) in [5, 5.41) is 0. The standard InChI is InChI=1S/C22H25NO3/c1-16-7-4-5-8-17(16)10-13-22(24)23-14-6-9-20(23)19-15-18(25-2)11-12-21(19)26-3/h4-5,7-8,10-13,15,20H,6,9,14H2,1-3H3/b13-10+/t20-/m0/s1. The first-order chi connectivity index (χ1) is 12.6. The number of methoxy groups -OCH3 is 2. The van der Waals surface area contributed by atoms with Gasteiger partial charge in [-0.25, -0.2) is 0 Å². The summed E-state index contributed by atoms with van der Waals surface area (Å²) in [6.45, 7) is 2.80. The molecule has 2 aromatic rings. The van der Waals surface area contributed by atoms with Crippen LogP contribution in [0.3, 0.4) is 0 Å². The van der Waals surface area contributed by atoms with Crippen LogP contribution in [0.15, 0.2) is 48.5 Å². The molecule has 0 unspecified atom stereocenters. The van der Waals surface area contributed by atoms with Crippen LogP contribution in [0.1, 0.15) is 35.6 Å². The molecule has 1 aliphatic heterocycles. The first kappa shape index (κ1) is 18.1. The average molecular weight is 351 g/mol. The summed E-state index contributed by atoms with van der Waals surface area (Å²) in [7, 11) is 3.30. The molecule has 2 aromatic carbocycles. The van der Waals surface area contributed by atoms with Gasteiger partial charge in [-0.2, -0.15) is 0 Å². The van der Waals surface area contributed by atoms with E-state index in [9.17, 15) is 4.79 Å². The van der Waals surface area contributed by atoms with Crippen LogP contribution in [-0.2, 0) is 4.79 Å². The van der Waals surface area contributed by atoms with Crippen LogP contribution >= 0.6 is 0 Å². The molecule has 4 nitrogen and oxygen atoms in total. The molecule has 1 aliphatic rings. The maximum Gasteiger partial charge on any atom is 0.247 e. The molecule has 4 heteroatoms. The lowest BCUT2D eigenvalue weighted by Crippen LogP contribution is -2.29. The number of amides is 1. The fraction of sp³-hybridized carbons (Fsp3) is 0.318. The highest BCUT2D eigenvalue weighted by atomic mass is 16.5. The Morgan fingerprint density at radius 1 is 1.15 bits per heavy atom. The summed E-state index contributed by atoms with van der Waals surface area (Å²) in [5.74, 6) is 1.59. The van der Waals surface area contributed by atoms with Crippen LogP contribution in [0.4, 0.5) is 0 Å². The van der Waals surface area contributed by atoms with Crippen LogP contribution in [0.25, 0.3) is 6.08 Å². The van der Waals surface area contributed by atoms with Crippen LogP contribution in [0.2, 0.25) is 0 Å². The van der Waals surface area contributed by atoms with E-state index in [1.165, 1.54) is 0 Å². The largest absolute Gasteiger partial charge is 0.497 e. The van der Waals surface area contributed by atoms with Gasteiger partial charge in [0.2, 0.25) is 5.91 Å². The van der Waals surface area contributed by atoms with Crippen molar-refractivity contribution in [2.24, 2.45) is 0 Å². The molecule has 1 atom stereocenters. The number of carbonyl (C=O) groups is 1. The SMILES string of the molecule is COc1ccc(OC)c([C@@H]2CCCN2C(=O)/C=C/c2ccccc2C)c1. The third-order valence-electron chi connectivity index (χ3n) is 4.93. The summed E-state index contributed by atoms with van der Waals surface area (Å²) >= 11 is 0. The minimum Gasteiger partial charge on any atom is -0.497 e. The van der Waals surface area contributed by atoms with E-state index < -0.39 is 0 Å². The molecule has 1 fully saturated rings. The van der Waals surface area contributed by atoms with Gasteiger partial charge in [0, 0.05) is 18.2 Å². The van der Waals surface area contributed by atoms with Crippen molar-refractivity contribution in [3.8, 4) is 11.5 Å². The Hall–Kier alpha value is -2.75. The topological polar surface area (TPSA) is 38.8 Å². The Balaban J connectivity index is 1.84. The molecular formula is C22H25NO3. The van der Waals surface area contributed by atoms with Gasteiger partial charge in [0.15, 0.2) is 0 Å². The minimum absolute atomic E-state index is 0.00840. The molecule has 1 saturated heterocycles. The number of hydrogen-bond donors (Lipinski definition) is 0. The molecule has 0 radical (unpaired) electrons. The number of rotatable bonds is 5. The van der Waals surface area contributed by atoms with Gasteiger partial charge in [-0.3, -0.25) is 4.79 Å². The zero-order valence-electron chi connectivity index (χ0n) is 15.6. The van der Waals surface area contributed by atoms with E-state index >= 15 is 0 Å². The Morgan fingerprint density at radius 2 is 1.96 bits per heavy atom.